The molecule has 128 valence electrons. The zero-order chi connectivity index (χ0) is 17.0. The quantitative estimate of drug-likeness (QED) is 0.494. The zero-order valence-corrected chi connectivity index (χ0v) is 13.7. The lowest BCUT2D eigenvalue weighted by Gasteiger charge is -2.16. The smallest absolute Gasteiger partial charge is 0.339 e. The number of carbonyl (C=O) groups is 1. The first-order chi connectivity index (χ1) is 11.7. The summed E-state index contributed by atoms with van der Waals surface area (Å²) in [5.41, 5.74) is 2.13. The Labute approximate surface area is 142 Å². The molecule has 0 heterocycles. The highest BCUT2D eigenvalue weighted by Gasteiger charge is 2.13. The van der Waals surface area contributed by atoms with E-state index in [9.17, 15) is 4.79 Å². The Morgan fingerprint density at radius 1 is 0.833 bits per heavy atom. The molecule has 2 aromatic carbocycles. The van der Waals surface area contributed by atoms with Crippen molar-refractivity contribution in [2.24, 2.45) is 0 Å². The Morgan fingerprint density at radius 3 is 1.71 bits per heavy atom. The lowest BCUT2D eigenvalue weighted by atomic mass is 10.2. The zero-order valence-electron chi connectivity index (χ0n) is 13.7. The molecule has 0 amide bonds. The Hall–Kier alpha value is -2.21. The topological polar surface area (TPSA) is 54.0 Å². The van der Waals surface area contributed by atoms with E-state index in [1.807, 2.05) is 60.7 Å². The van der Waals surface area contributed by atoms with Crippen molar-refractivity contribution in [3.8, 4) is 0 Å². The highest BCUT2D eigenvalue weighted by atomic mass is 17.2. The van der Waals surface area contributed by atoms with Gasteiger partial charge in [-0.1, -0.05) is 60.7 Å². The summed E-state index contributed by atoms with van der Waals surface area (Å²) in [5.74, 6) is -0.508. The van der Waals surface area contributed by atoms with E-state index in [1.54, 1.807) is 0 Å². The summed E-state index contributed by atoms with van der Waals surface area (Å²) in [6, 6.07) is 19.6. The van der Waals surface area contributed by atoms with Crippen LogP contribution in [0.4, 0.5) is 0 Å². The van der Waals surface area contributed by atoms with Crippen molar-refractivity contribution in [3.63, 3.8) is 0 Å². The Balaban J connectivity index is 1.74. The lowest BCUT2D eigenvalue weighted by molar-refractivity contribution is -0.309. The van der Waals surface area contributed by atoms with Crippen LogP contribution in [0.15, 0.2) is 60.7 Å². The monoisotopic (exact) mass is 330 g/mol. The number of hydrogen-bond acceptors (Lipinski definition) is 5. The SMILES string of the molecule is CC(=O)OOC(COCc1ccccc1)COCc1ccccc1. The predicted molar refractivity (Wildman–Crippen MR) is 88.8 cm³/mol. The van der Waals surface area contributed by atoms with Gasteiger partial charge in [-0.2, -0.15) is 4.89 Å². The molecule has 0 N–H and O–H groups in total. The molecule has 2 aromatic rings. The van der Waals surface area contributed by atoms with Crippen LogP contribution >= 0.6 is 0 Å². The van der Waals surface area contributed by atoms with Crippen LogP contribution in [0.2, 0.25) is 0 Å². The first-order valence-corrected chi connectivity index (χ1v) is 7.81. The van der Waals surface area contributed by atoms with Crippen LogP contribution in [0.5, 0.6) is 0 Å². The summed E-state index contributed by atoms with van der Waals surface area (Å²) in [6.45, 7) is 2.72. The van der Waals surface area contributed by atoms with E-state index in [1.165, 1.54) is 6.92 Å². The van der Waals surface area contributed by atoms with E-state index in [2.05, 4.69) is 4.89 Å². The van der Waals surface area contributed by atoms with E-state index < -0.39 is 12.1 Å². The molecule has 0 bridgehead atoms. The fraction of sp³-hybridized carbons (Fsp3) is 0.316. The van der Waals surface area contributed by atoms with Crippen LogP contribution in [-0.4, -0.2) is 25.3 Å². The molecule has 0 aliphatic rings. The van der Waals surface area contributed by atoms with Gasteiger partial charge in [-0.25, -0.2) is 4.79 Å². The summed E-state index contributed by atoms with van der Waals surface area (Å²) < 4.78 is 11.2. The molecule has 0 fully saturated rings. The summed E-state index contributed by atoms with van der Waals surface area (Å²) in [7, 11) is 0. The fourth-order valence-electron chi connectivity index (χ4n) is 2.00. The second-order valence-electron chi connectivity index (χ2n) is 5.29. The third-order valence-electron chi connectivity index (χ3n) is 3.13. The predicted octanol–water partition coefficient (Wildman–Crippen LogP) is 3.28. The second-order valence-corrected chi connectivity index (χ2v) is 5.29. The summed E-state index contributed by atoms with van der Waals surface area (Å²) >= 11 is 0. The molecular formula is C19H22O5. The maximum absolute atomic E-state index is 10.9. The number of ether oxygens (including phenoxy) is 2. The van der Waals surface area contributed by atoms with Gasteiger partial charge in [0.1, 0.15) is 0 Å². The van der Waals surface area contributed by atoms with E-state index in [4.69, 9.17) is 14.4 Å². The Kier molecular flexibility index (Phi) is 7.97. The van der Waals surface area contributed by atoms with Crippen molar-refractivity contribution in [2.45, 2.75) is 26.2 Å². The van der Waals surface area contributed by atoms with Crippen LogP contribution in [0, 0.1) is 0 Å². The molecule has 5 heteroatoms. The largest absolute Gasteiger partial charge is 0.374 e. The maximum Gasteiger partial charge on any atom is 0.339 e. The molecule has 0 atom stereocenters. The van der Waals surface area contributed by atoms with Gasteiger partial charge < -0.3 is 9.47 Å². The molecule has 0 spiro atoms. The van der Waals surface area contributed by atoms with Crippen LogP contribution in [0.1, 0.15) is 18.1 Å². The van der Waals surface area contributed by atoms with Crippen molar-refractivity contribution in [2.75, 3.05) is 13.2 Å². The molecular weight excluding hydrogens is 308 g/mol. The minimum atomic E-state index is -0.508. The van der Waals surface area contributed by atoms with Gasteiger partial charge in [-0.15, -0.1) is 0 Å². The van der Waals surface area contributed by atoms with Crippen molar-refractivity contribution < 1.29 is 24.0 Å². The van der Waals surface area contributed by atoms with Gasteiger partial charge in [0, 0.05) is 6.92 Å². The normalized spacial score (nSPS) is 10.8. The van der Waals surface area contributed by atoms with E-state index in [-0.39, 0.29) is 13.2 Å². The van der Waals surface area contributed by atoms with E-state index in [0.29, 0.717) is 13.2 Å². The van der Waals surface area contributed by atoms with Gasteiger partial charge in [0.05, 0.1) is 26.4 Å². The maximum atomic E-state index is 10.9. The number of rotatable bonds is 10. The number of benzene rings is 2. The molecule has 0 aliphatic carbocycles. The van der Waals surface area contributed by atoms with Crippen LogP contribution in [-0.2, 0) is 37.3 Å². The summed E-state index contributed by atoms with van der Waals surface area (Å²) in [6.07, 6.45) is -0.485. The minimum absolute atomic E-state index is 0.261. The molecule has 0 unspecified atom stereocenters. The third-order valence-corrected chi connectivity index (χ3v) is 3.13. The van der Waals surface area contributed by atoms with Crippen molar-refractivity contribution >= 4 is 5.97 Å². The van der Waals surface area contributed by atoms with Crippen LogP contribution in [0.25, 0.3) is 0 Å². The molecule has 0 saturated carbocycles. The van der Waals surface area contributed by atoms with Gasteiger partial charge in [0.15, 0.2) is 6.10 Å². The lowest BCUT2D eigenvalue weighted by Crippen LogP contribution is -2.26. The first kappa shape index (κ1) is 18.1. The van der Waals surface area contributed by atoms with Gasteiger partial charge in [-0.3, -0.25) is 4.89 Å². The average molecular weight is 330 g/mol. The fourth-order valence-corrected chi connectivity index (χ4v) is 2.00. The highest BCUT2D eigenvalue weighted by molar-refractivity contribution is 5.65. The number of carbonyl (C=O) groups excluding carboxylic acids is 1. The van der Waals surface area contributed by atoms with Gasteiger partial charge >= 0.3 is 5.97 Å². The average Bonchev–Trinajstić information content (AvgIpc) is 2.61. The van der Waals surface area contributed by atoms with Gasteiger partial charge in [0.25, 0.3) is 0 Å². The second kappa shape index (κ2) is 10.5. The minimum Gasteiger partial charge on any atom is -0.374 e. The van der Waals surface area contributed by atoms with Crippen LogP contribution < -0.4 is 0 Å². The summed E-state index contributed by atoms with van der Waals surface area (Å²) in [4.78, 5) is 20.6. The Bertz CT molecular complexity index is 540. The van der Waals surface area contributed by atoms with E-state index in [0.717, 1.165) is 11.1 Å². The Morgan fingerprint density at radius 2 is 1.29 bits per heavy atom. The molecule has 0 aromatic heterocycles. The van der Waals surface area contributed by atoms with Gasteiger partial charge in [-0.05, 0) is 11.1 Å². The van der Waals surface area contributed by atoms with Gasteiger partial charge in [0.2, 0.25) is 0 Å². The third kappa shape index (κ3) is 7.37. The molecule has 5 nitrogen and oxygen atoms in total. The van der Waals surface area contributed by atoms with Crippen LogP contribution in [0.3, 0.4) is 0 Å². The molecule has 2 rings (SSSR count). The van der Waals surface area contributed by atoms with Crippen molar-refractivity contribution in [1.29, 1.82) is 0 Å². The van der Waals surface area contributed by atoms with Crippen molar-refractivity contribution in [1.82, 2.24) is 0 Å². The number of hydrogen-bond donors (Lipinski definition) is 0. The molecule has 0 saturated heterocycles. The molecule has 0 aliphatic heterocycles. The standard InChI is InChI=1S/C19H22O5/c1-16(20)23-24-19(14-21-12-17-8-4-2-5-9-17)15-22-13-18-10-6-3-7-11-18/h2-11,19H,12-15H2,1H3. The highest BCUT2D eigenvalue weighted by Crippen LogP contribution is 2.05. The van der Waals surface area contributed by atoms with Crippen molar-refractivity contribution in [3.05, 3.63) is 71.8 Å². The summed E-state index contributed by atoms with van der Waals surface area (Å²) in [5, 5.41) is 0. The molecule has 0 radical (unpaired) electrons. The molecule has 24 heavy (non-hydrogen) atoms. The van der Waals surface area contributed by atoms with E-state index >= 15 is 0 Å². The first-order valence-electron chi connectivity index (χ1n) is 7.81.